The molecule has 1 unspecified atom stereocenters. The molecule has 32 heavy (non-hydrogen) atoms. The number of Topliss-reactive ketones (excluding diaryl/α,β-unsaturated/α-hetero) is 2. The smallest absolute Gasteiger partial charge is 0.319 e. The molecule has 2 N–H and O–H groups in total. The Kier molecular flexibility index (Phi) is 6.82. The second-order valence-electron chi connectivity index (χ2n) is 7.86. The highest BCUT2D eigenvalue weighted by molar-refractivity contribution is 6.23. The second-order valence-corrected chi connectivity index (χ2v) is 7.86. The van der Waals surface area contributed by atoms with Gasteiger partial charge in [-0.05, 0) is 51.0 Å². The van der Waals surface area contributed by atoms with Crippen molar-refractivity contribution in [1.29, 1.82) is 0 Å². The molecule has 1 aliphatic heterocycles. The van der Waals surface area contributed by atoms with Gasteiger partial charge < -0.3 is 15.4 Å². The maximum absolute atomic E-state index is 13.1. The summed E-state index contributed by atoms with van der Waals surface area (Å²) in [5, 5.41) is 5.40. The van der Waals surface area contributed by atoms with Gasteiger partial charge >= 0.3 is 6.03 Å². The van der Waals surface area contributed by atoms with E-state index in [0.717, 1.165) is 10.5 Å². The summed E-state index contributed by atoms with van der Waals surface area (Å²) in [5.74, 6) is -1.65. The summed E-state index contributed by atoms with van der Waals surface area (Å²) in [7, 11) is 0. The standard InChI is InChI=1S/C24H25N3O5/c1-14-7-10-18(11-8-14)26-24(32)25-13-17-5-4-6-19-21(17)23(31)27(22(19)30)20(16(3)29)12-9-15(2)28/h4-8,10-11,20H,9,12-13H2,1-3H3,(H2,25,26,32). The van der Waals surface area contributed by atoms with E-state index in [1.165, 1.54) is 19.9 Å². The number of hydrogen-bond acceptors (Lipinski definition) is 5. The Morgan fingerprint density at radius 1 is 0.969 bits per heavy atom. The lowest BCUT2D eigenvalue weighted by molar-refractivity contribution is -0.121. The van der Waals surface area contributed by atoms with Crippen LogP contribution in [-0.4, -0.2) is 40.4 Å². The number of carbonyl (C=O) groups is 5. The van der Waals surface area contributed by atoms with Crippen LogP contribution in [0.15, 0.2) is 42.5 Å². The Bertz CT molecular complexity index is 1090. The van der Waals surface area contributed by atoms with Crippen molar-refractivity contribution in [2.45, 2.75) is 46.2 Å². The van der Waals surface area contributed by atoms with Crippen LogP contribution in [0.1, 0.15) is 58.5 Å². The Morgan fingerprint density at radius 3 is 2.28 bits per heavy atom. The number of fused-ring (bicyclic) bond motifs is 1. The van der Waals surface area contributed by atoms with Crippen LogP contribution in [0.3, 0.4) is 0 Å². The Morgan fingerprint density at radius 2 is 1.66 bits per heavy atom. The molecule has 0 spiro atoms. The van der Waals surface area contributed by atoms with Crippen LogP contribution in [0, 0.1) is 6.92 Å². The SMILES string of the molecule is CC(=O)CCC(C(C)=O)N1C(=O)c2cccc(CNC(=O)Nc3ccc(C)cc3)c2C1=O. The van der Waals surface area contributed by atoms with Crippen LogP contribution in [0.25, 0.3) is 0 Å². The van der Waals surface area contributed by atoms with Crippen molar-refractivity contribution < 1.29 is 24.0 Å². The highest BCUT2D eigenvalue weighted by Crippen LogP contribution is 2.29. The van der Waals surface area contributed by atoms with Crippen LogP contribution >= 0.6 is 0 Å². The normalized spacial score (nSPS) is 13.5. The summed E-state index contributed by atoms with van der Waals surface area (Å²) in [5.41, 5.74) is 2.51. The third kappa shape index (κ3) is 4.91. The fourth-order valence-corrected chi connectivity index (χ4v) is 3.65. The second kappa shape index (κ2) is 9.55. The van der Waals surface area contributed by atoms with E-state index in [1.54, 1.807) is 24.3 Å². The number of hydrogen-bond donors (Lipinski definition) is 2. The summed E-state index contributed by atoms with van der Waals surface area (Å²) >= 11 is 0. The van der Waals surface area contributed by atoms with Crippen molar-refractivity contribution in [3.63, 3.8) is 0 Å². The van der Waals surface area contributed by atoms with Gasteiger partial charge in [0.2, 0.25) is 0 Å². The first-order chi connectivity index (χ1) is 15.2. The van der Waals surface area contributed by atoms with Gasteiger partial charge in [-0.25, -0.2) is 4.79 Å². The lowest BCUT2D eigenvalue weighted by Gasteiger charge is -2.23. The molecule has 0 saturated heterocycles. The first kappa shape index (κ1) is 22.9. The topological polar surface area (TPSA) is 113 Å². The monoisotopic (exact) mass is 435 g/mol. The van der Waals surface area contributed by atoms with E-state index >= 15 is 0 Å². The zero-order chi connectivity index (χ0) is 23.4. The number of benzene rings is 2. The van der Waals surface area contributed by atoms with Crippen LogP contribution in [0.5, 0.6) is 0 Å². The van der Waals surface area contributed by atoms with Crippen molar-refractivity contribution in [2.24, 2.45) is 0 Å². The average Bonchev–Trinajstić information content (AvgIpc) is 2.99. The molecule has 0 saturated carbocycles. The number of carbonyl (C=O) groups excluding carboxylic acids is 5. The summed E-state index contributed by atoms with van der Waals surface area (Å²) in [6.07, 6.45) is 0.175. The third-order valence-electron chi connectivity index (χ3n) is 5.33. The number of anilines is 1. The number of rotatable bonds is 8. The number of urea groups is 1. The molecule has 8 heteroatoms. The largest absolute Gasteiger partial charge is 0.334 e. The van der Waals surface area contributed by atoms with E-state index in [9.17, 15) is 24.0 Å². The highest BCUT2D eigenvalue weighted by Gasteiger charge is 2.42. The van der Waals surface area contributed by atoms with Crippen LogP contribution in [0.2, 0.25) is 0 Å². The molecule has 1 aliphatic rings. The Labute approximate surface area is 186 Å². The van der Waals surface area contributed by atoms with Crippen molar-refractivity contribution in [3.8, 4) is 0 Å². The van der Waals surface area contributed by atoms with Gasteiger partial charge in [0.25, 0.3) is 11.8 Å². The summed E-state index contributed by atoms with van der Waals surface area (Å²) < 4.78 is 0. The molecule has 3 rings (SSSR count). The first-order valence-corrected chi connectivity index (χ1v) is 10.3. The van der Waals surface area contributed by atoms with Gasteiger partial charge in [0.05, 0.1) is 17.2 Å². The molecule has 1 atom stereocenters. The molecular weight excluding hydrogens is 410 g/mol. The van der Waals surface area contributed by atoms with Crippen LogP contribution in [-0.2, 0) is 16.1 Å². The molecule has 1 heterocycles. The van der Waals surface area contributed by atoms with E-state index in [1.807, 2.05) is 19.1 Å². The Balaban J connectivity index is 1.76. The lowest BCUT2D eigenvalue weighted by Crippen LogP contribution is -2.44. The van der Waals surface area contributed by atoms with Gasteiger partial charge in [0.15, 0.2) is 5.78 Å². The van der Waals surface area contributed by atoms with Crippen molar-refractivity contribution in [3.05, 3.63) is 64.7 Å². The zero-order valence-electron chi connectivity index (χ0n) is 18.2. The van der Waals surface area contributed by atoms with Crippen molar-refractivity contribution in [2.75, 3.05) is 5.32 Å². The molecule has 0 radical (unpaired) electrons. The molecule has 0 bridgehead atoms. The summed E-state index contributed by atoms with van der Waals surface area (Å²) in [6, 6.07) is 10.6. The maximum Gasteiger partial charge on any atom is 0.319 e. The van der Waals surface area contributed by atoms with Gasteiger partial charge in [-0.3, -0.25) is 19.3 Å². The minimum Gasteiger partial charge on any atom is -0.334 e. The molecule has 166 valence electrons. The maximum atomic E-state index is 13.1. The first-order valence-electron chi connectivity index (χ1n) is 10.3. The Hall–Kier alpha value is -3.81. The summed E-state index contributed by atoms with van der Waals surface area (Å²) in [6.45, 7) is 4.65. The fourth-order valence-electron chi connectivity index (χ4n) is 3.65. The molecule has 8 nitrogen and oxygen atoms in total. The average molecular weight is 435 g/mol. The molecule has 0 fully saturated rings. The van der Waals surface area contributed by atoms with E-state index in [4.69, 9.17) is 0 Å². The van der Waals surface area contributed by atoms with Gasteiger partial charge in [-0.1, -0.05) is 29.8 Å². The molecule has 2 aromatic rings. The van der Waals surface area contributed by atoms with Gasteiger partial charge in [-0.2, -0.15) is 0 Å². The molecule has 2 aromatic carbocycles. The van der Waals surface area contributed by atoms with Crippen LogP contribution < -0.4 is 10.6 Å². The van der Waals surface area contributed by atoms with Crippen LogP contribution in [0.4, 0.5) is 10.5 Å². The highest BCUT2D eigenvalue weighted by atomic mass is 16.2. The number of imide groups is 1. The van der Waals surface area contributed by atoms with E-state index in [-0.39, 0.29) is 42.1 Å². The zero-order valence-corrected chi connectivity index (χ0v) is 18.2. The molecular formula is C24H25N3O5. The van der Waals surface area contributed by atoms with Gasteiger partial charge in [-0.15, -0.1) is 0 Å². The van der Waals surface area contributed by atoms with Crippen molar-refractivity contribution in [1.82, 2.24) is 10.2 Å². The molecule has 0 aromatic heterocycles. The van der Waals surface area contributed by atoms with Gasteiger partial charge in [0.1, 0.15) is 5.78 Å². The van der Waals surface area contributed by atoms with Crippen molar-refractivity contribution >= 4 is 35.1 Å². The van der Waals surface area contributed by atoms with E-state index in [2.05, 4.69) is 10.6 Å². The number of amides is 4. The minimum atomic E-state index is -1.00. The lowest BCUT2D eigenvalue weighted by atomic mass is 10.0. The minimum absolute atomic E-state index is 0.0198. The predicted octanol–water partition coefficient (Wildman–Crippen LogP) is 3.24. The quantitative estimate of drug-likeness (QED) is 0.618. The van der Waals surface area contributed by atoms with Gasteiger partial charge in [0, 0.05) is 18.7 Å². The molecule has 4 amide bonds. The van der Waals surface area contributed by atoms with E-state index < -0.39 is 23.9 Å². The predicted molar refractivity (Wildman–Crippen MR) is 118 cm³/mol. The van der Waals surface area contributed by atoms with E-state index in [0.29, 0.717) is 11.3 Å². The number of nitrogens with zero attached hydrogens (tertiary/aromatic N) is 1. The number of aryl methyl sites for hydroxylation is 1. The molecule has 0 aliphatic carbocycles. The number of nitrogens with one attached hydrogen (secondary N) is 2. The third-order valence-corrected chi connectivity index (χ3v) is 5.33. The summed E-state index contributed by atoms with van der Waals surface area (Å²) in [4.78, 5) is 62.8. The fraction of sp³-hybridized carbons (Fsp3) is 0.292. The number of ketones is 2.